The largest absolute Gasteiger partial charge is 0.478 e. The van der Waals surface area contributed by atoms with Gasteiger partial charge in [0.2, 0.25) is 5.91 Å². The van der Waals surface area contributed by atoms with Gasteiger partial charge in [-0.3, -0.25) is 4.79 Å². The van der Waals surface area contributed by atoms with Crippen molar-refractivity contribution in [1.29, 1.82) is 0 Å². The minimum Gasteiger partial charge on any atom is -0.478 e. The minimum atomic E-state index is -4.90. The first-order chi connectivity index (χ1) is 9.20. The number of carboxylic acid groups (broad SMARTS) is 1. The van der Waals surface area contributed by atoms with Gasteiger partial charge in [0, 0.05) is 13.0 Å². The van der Waals surface area contributed by atoms with E-state index in [0.29, 0.717) is 6.07 Å². The van der Waals surface area contributed by atoms with E-state index in [1.807, 2.05) is 0 Å². The first-order valence-electron chi connectivity index (χ1n) is 5.47. The van der Waals surface area contributed by atoms with Gasteiger partial charge in [-0.15, -0.1) is 3.89 Å². The van der Waals surface area contributed by atoms with Crippen molar-refractivity contribution in [2.75, 3.05) is 11.4 Å². The highest BCUT2D eigenvalue weighted by atomic mass is 32.3. The normalized spacial score (nSPS) is 19.4. The summed E-state index contributed by atoms with van der Waals surface area (Å²) in [5.41, 5.74) is -0.648. The average Bonchev–Trinajstić information content (AvgIpc) is 2.71. The summed E-state index contributed by atoms with van der Waals surface area (Å²) in [4.78, 5) is 23.6. The molecule has 0 bridgehead atoms. The van der Waals surface area contributed by atoms with Crippen molar-refractivity contribution < 1.29 is 31.4 Å². The number of anilines is 1. The zero-order valence-electron chi connectivity index (χ0n) is 9.92. The number of hydrogen-bond donors (Lipinski definition) is 1. The fourth-order valence-electron chi connectivity index (χ4n) is 2.01. The molecule has 1 N–H and O–H groups in total. The summed E-state index contributed by atoms with van der Waals surface area (Å²) in [6, 6.07) is 2.69. The molecule has 1 amide bonds. The molecule has 1 saturated heterocycles. The minimum absolute atomic E-state index is 0.157. The van der Waals surface area contributed by atoms with Crippen molar-refractivity contribution in [2.45, 2.75) is 11.7 Å². The fourth-order valence-corrected chi connectivity index (χ4v) is 2.68. The Morgan fingerprint density at radius 3 is 2.55 bits per heavy atom. The van der Waals surface area contributed by atoms with Gasteiger partial charge in [-0.05, 0) is 18.2 Å². The molecular weight excluding hydrogens is 296 g/mol. The second-order valence-corrected chi connectivity index (χ2v) is 5.89. The topological polar surface area (TPSA) is 91.8 Å². The molecule has 1 aliphatic heterocycles. The fraction of sp³-hybridized carbons (Fsp3) is 0.273. The van der Waals surface area contributed by atoms with Crippen LogP contribution < -0.4 is 4.90 Å². The van der Waals surface area contributed by atoms with Gasteiger partial charge >= 0.3 is 16.2 Å². The molecule has 20 heavy (non-hydrogen) atoms. The lowest BCUT2D eigenvalue weighted by Gasteiger charge is -2.18. The second-order valence-electron chi connectivity index (χ2n) is 4.27. The van der Waals surface area contributed by atoms with E-state index < -0.39 is 51.7 Å². The lowest BCUT2D eigenvalue weighted by Crippen LogP contribution is -2.28. The number of rotatable bonds is 3. The highest BCUT2D eigenvalue weighted by molar-refractivity contribution is 7.87. The summed E-state index contributed by atoms with van der Waals surface area (Å²) in [5.74, 6) is -3.02. The number of amides is 1. The van der Waals surface area contributed by atoms with E-state index >= 15 is 0 Å². The molecule has 108 valence electrons. The van der Waals surface area contributed by atoms with Crippen molar-refractivity contribution in [3.05, 3.63) is 29.6 Å². The van der Waals surface area contributed by atoms with Crippen molar-refractivity contribution in [3.8, 4) is 0 Å². The Labute approximate surface area is 112 Å². The molecule has 9 heteroatoms. The zero-order chi connectivity index (χ0) is 15.1. The summed E-state index contributed by atoms with van der Waals surface area (Å²) in [6.45, 7) is -0.496. The molecule has 0 aromatic heterocycles. The Kier molecular flexibility index (Phi) is 3.46. The summed E-state index contributed by atoms with van der Waals surface area (Å²) >= 11 is 0. The van der Waals surface area contributed by atoms with E-state index in [1.165, 1.54) is 0 Å². The van der Waals surface area contributed by atoms with Gasteiger partial charge in [0.1, 0.15) is 11.1 Å². The van der Waals surface area contributed by atoms with Crippen molar-refractivity contribution in [1.82, 2.24) is 0 Å². The molecular formula is C11H9F2NO5S. The third kappa shape index (κ3) is 2.62. The van der Waals surface area contributed by atoms with Crippen LogP contribution in [-0.2, 0) is 15.0 Å². The molecule has 0 saturated carbocycles. The molecule has 0 radical (unpaired) electrons. The Bertz CT molecular complexity index is 688. The predicted molar refractivity (Wildman–Crippen MR) is 64.1 cm³/mol. The van der Waals surface area contributed by atoms with Crippen LogP contribution in [0.15, 0.2) is 18.2 Å². The number of hydrogen-bond acceptors (Lipinski definition) is 4. The van der Waals surface area contributed by atoms with Crippen LogP contribution in [0.25, 0.3) is 0 Å². The lowest BCUT2D eigenvalue weighted by atomic mass is 10.1. The number of nitrogens with zero attached hydrogens (tertiary/aromatic N) is 1. The van der Waals surface area contributed by atoms with Crippen LogP contribution >= 0.6 is 0 Å². The molecule has 1 fully saturated rings. The highest BCUT2D eigenvalue weighted by Gasteiger charge is 2.40. The Morgan fingerprint density at radius 1 is 1.40 bits per heavy atom. The molecule has 6 nitrogen and oxygen atoms in total. The van der Waals surface area contributed by atoms with Gasteiger partial charge in [0.25, 0.3) is 0 Å². The monoisotopic (exact) mass is 305 g/mol. The summed E-state index contributed by atoms with van der Waals surface area (Å²) in [7, 11) is -4.90. The van der Waals surface area contributed by atoms with Crippen LogP contribution in [0, 0.1) is 5.82 Å². The summed E-state index contributed by atoms with van der Waals surface area (Å²) in [6.07, 6.45) is -0.574. The van der Waals surface area contributed by atoms with Crippen LogP contribution in [0.2, 0.25) is 0 Å². The Hall–Kier alpha value is -2.03. The summed E-state index contributed by atoms with van der Waals surface area (Å²) < 4.78 is 47.5. The molecule has 1 aromatic carbocycles. The van der Waals surface area contributed by atoms with E-state index in [0.717, 1.165) is 17.0 Å². The number of benzene rings is 1. The predicted octanol–water partition coefficient (Wildman–Crippen LogP) is 0.929. The van der Waals surface area contributed by atoms with Crippen LogP contribution in [0.3, 0.4) is 0 Å². The van der Waals surface area contributed by atoms with Crippen molar-refractivity contribution >= 4 is 27.8 Å². The molecule has 2 rings (SSSR count). The molecule has 1 heterocycles. The first kappa shape index (κ1) is 14.4. The molecule has 1 aromatic rings. The van der Waals surface area contributed by atoms with E-state index in [4.69, 9.17) is 5.11 Å². The maximum absolute atomic E-state index is 13.0. The van der Waals surface area contributed by atoms with Gasteiger partial charge in [-0.1, -0.05) is 0 Å². The quantitative estimate of drug-likeness (QED) is 0.839. The van der Waals surface area contributed by atoms with E-state index in [-0.39, 0.29) is 5.69 Å². The maximum Gasteiger partial charge on any atom is 0.337 e. The summed E-state index contributed by atoms with van der Waals surface area (Å²) in [5, 5.41) is 7.43. The number of carboxylic acids is 1. The van der Waals surface area contributed by atoms with Gasteiger partial charge in [0.15, 0.2) is 0 Å². The zero-order valence-corrected chi connectivity index (χ0v) is 10.7. The van der Waals surface area contributed by atoms with Crippen LogP contribution in [-0.4, -0.2) is 37.2 Å². The molecule has 1 aliphatic rings. The van der Waals surface area contributed by atoms with E-state index in [9.17, 15) is 26.3 Å². The van der Waals surface area contributed by atoms with Gasteiger partial charge < -0.3 is 10.0 Å². The van der Waals surface area contributed by atoms with Crippen molar-refractivity contribution in [3.63, 3.8) is 0 Å². The Morgan fingerprint density at radius 2 is 2.05 bits per heavy atom. The lowest BCUT2D eigenvalue weighted by molar-refractivity contribution is -0.117. The SMILES string of the molecule is O=C(O)c1cc(F)ccc1N1CC(S(=O)(=O)F)CC1=O. The Balaban J connectivity index is 2.43. The third-order valence-corrected chi connectivity index (χ3v) is 4.08. The van der Waals surface area contributed by atoms with Crippen molar-refractivity contribution in [2.24, 2.45) is 0 Å². The average molecular weight is 305 g/mol. The number of halogens is 2. The first-order valence-corrected chi connectivity index (χ1v) is 6.91. The van der Waals surface area contributed by atoms with Crippen LogP contribution in [0.1, 0.15) is 16.8 Å². The van der Waals surface area contributed by atoms with Crippen LogP contribution in [0.5, 0.6) is 0 Å². The third-order valence-electron chi connectivity index (χ3n) is 2.97. The van der Waals surface area contributed by atoms with Gasteiger partial charge in [-0.25, -0.2) is 9.18 Å². The molecule has 0 aliphatic carbocycles. The van der Waals surface area contributed by atoms with Gasteiger partial charge in [0.05, 0.1) is 11.3 Å². The standard InChI is InChI=1S/C11H9F2NO5S/c12-6-1-2-9(8(3-6)11(16)17)14-5-7(4-10(14)15)20(13,18)19/h1-3,7H,4-5H2,(H,16,17). The molecule has 1 unspecified atom stereocenters. The molecule has 0 spiro atoms. The smallest absolute Gasteiger partial charge is 0.337 e. The number of carbonyl (C=O) groups excluding carboxylic acids is 1. The van der Waals surface area contributed by atoms with Gasteiger partial charge in [-0.2, -0.15) is 8.42 Å². The maximum atomic E-state index is 13.0. The highest BCUT2D eigenvalue weighted by Crippen LogP contribution is 2.29. The van der Waals surface area contributed by atoms with E-state index in [1.54, 1.807) is 0 Å². The van der Waals surface area contributed by atoms with E-state index in [2.05, 4.69) is 0 Å². The second kappa shape index (κ2) is 4.82. The van der Waals surface area contributed by atoms with Crippen LogP contribution in [0.4, 0.5) is 14.0 Å². The molecule has 1 atom stereocenters. The number of aromatic carboxylic acids is 1. The number of carbonyl (C=O) groups is 2.